The third-order valence-electron chi connectivity index (χ3n) is 5.03. The third-order valence-corrected chi connectivity index (χ3v) is 5.73. The van der Waals surface area contributed by atoms with Crippen LogP contribution in [0.15, 0.2) is 53.2 Å². The van der Waals surface area contributed by atoms with Crippen molar-refractivity contribution in [2.75, 3.05) is 19.8 Å². The van der Waals surface area contributed by atoms with E-state index in [2.05, 4.69) is 51.7 Å². The Bertz CT molecular complexity index is 763. The Kier molecular flexibility index (Phi) is 5.87. The van der Waals surface area contributed by atoms with Crippen molar-refractivity contribution in [3.63, 3.8) is 0 Å². The molecule has 3 heterocycles. The van der Waals surface area contributed by atoms with E-state index < -0.39 is 0 Å². The Balaban J connectivity index is 1.23. The number of ether oxygens (including phenoxy) is 2. The van der Waals surface area contributed by atoms with Crippen LogP contribution in [0.1, 0.15) is 11.1 Å². The molecule has 2 saturated heterocycles. The van der Waals surface area contributed by atoms with Crippen LogP contribution in [0.4, 0.5) is 4.79 Å². The quantitative estimate of drug-likeness (QED) is 0.805. The van der Waals surface area contributed by atoms with Crippen molar-refractivity contribution in [1.29, 1.82) is 0 Å². The molecule has 0 saturated carbocycles. The maximum atomic E-state index is 12.2. The molecule has 0 aliphatic carbocycles. The summed E-state index contributed by atoms with van der Waals surface area (Å²) < 4.78 is 11.9. The molecule has 2 amide bonds. The number of urea groups is 1. The van der Waals surface area contributed by atoms with Crippen molar-refractivity contribution >= 4 is 23.4 Å². The predicted molar refractivity (Wildman–Crippen MR) is 107 cm³/mol. The van der Waals surface area contributed by atoms with E-state index in [1.54, 1.807) is 11.3 Å². The van der Waals surface area contributed by atoms with Gasteiger partial charge in [-0.25, -0.2) is 4.79 Å². The molecule has 2 aliphatic heterocycles. The van der Waals surface area contributed by atoms with Gasteiger partial charge >= 0.3 is 6.03 Å². The van der Waals surface area contributed by atoms with Gasteiger partial charge in [-0.05, 0) is 34.4 Å². The first-order valence-electron chi connectivity index (χ1n) is 9.31. The molecule has 2 aromatic rings. The van der Waals surface area contributed by atoms with Crippen molar-refractivity contribution in [3.8, 4) is 0 Å². The van der Waals surface area contributed by atoms with Crippen molar-refractivity contribution in [2.45, 2.75) is 24.7 Å². The monoisotopic (exact) mass is 384 g/mol. The summed E-state index contributed by atoms with van der Waals surface area (Å²) in [6.45, 7) is 1.72. The molecule has 0 radical (unpaired) electrons. The number of amides is 2. The Labute approximate surface area is 163 Å². The number of benzene rings is 1. The molecule has 142 valence electrons. The van der Waals surface area contributed by atoms with E-state index in [4.69, 9.17) is 9.47 Å². The molecule has 4 rings (SSSR count). The van der Waals surface area contributed by atoms with Gasteiger partial charge in [0.1, 0.15) is 6.10 Å². The van der Waals surface area contributed by atoms with E-state index in [0.29, 0.717) is 19.8 Å². The second kappa shape index (κ2) is 8.69. The minimum absolute atomic E-state index is 0.00880. The SMILES string of the molecule is O=C(NCCc1ccccc1)N[C@H]1CO[C@H]2[C@@H]1OC[C@@H]2/C=C\c1ccsc1. The highest BCUT2D eigenvalue weighted by Crippen LogP contribution is 2.32. The molecule has 0 spiro atoms. The number of nitrogens with one attached hydrogen (secondary N) is 2. The average molecular weight is 385 g/mol. The van der Waals surface area contributed by atoms with Crippen LogP contribution in [0, 0.1) is 5.92 Å². The summed E-state index contributed by atoms with van der Waals surface area (Å²) in [6, 6.07) is 11.9. The van der Waals surface area contributed by atoms with E-state index >= 15 is 0 Å². The van der Waals surface area contributed by atoms with Crippen LogP contribution in [0.5, 0.6) is 0 Å². The van der Waals surface area contributed by atoms with Gasteiger partial charge in [0.05, 0.1) is 25.4 Å². The number of thiophene rings is 1. The van der Waals surface area contributed by atoms with Crippen LogP contribution in [0.3, 0.4) is 0 Å². The van der Waals surface area contributed by atoms with Crippen molar-refractivity contribution in [3.05, 3.63) is 64.4 Å². The van der Waals surface area contributed by atoms with Crippen LogP contribution in [0.2, 0.25) is 0 Å². The van der Waals surface area contributed by atoms with Gasteiger partial charge in [0.2, 0.25) is 0 Å². The second-order valence-electron chi connectivity index (χ2n) is 6.92. The van der Waals surface area contributed by atoms with Gasteiger partial charge in [0, 0.05) is 12.5 Å². The number of rotatable bonds is 6. The molecule has 27 heavy (non-hydrogen) atoms. The summed E-state index contributed by atoms with van der Waals surface area (Å²) in [6.07, 6.45) is 5.02. The standard InChI is InChI=1S/C21H24N2O3S/c24-21(22-10-8-15-4-2-1-3-5-15)23-18-13-26-19-17(12-25-20(18)19)7-6-16-9-11-27-14-16/h1-7,9,11,14,17-20H,8,10,12-13H2,(H2,22,23,24)/b7-6-/t17-,18-,19+,20+/m0/s1. The van der Waals surface area contributed by atoms with Gasteiger partial charge in [-0.3, -0.25) is 0 Å². The Morgan fingerprint density at radius 2 is 2.00 bits per heavy atom. The number of hydrogen-bond donors (Lipinski definition) is 2. The maximum absolute atomic E-state index is 12.2. The van der Waals surface area contributed by atoms with Crippen LogP contribution >= 0.6 is 11.3 Å². The molecule has 6 heteroatoms. The zero-order valence-electron chi connectivity index (χ0n) is 15.0. The van der Waals surface area contributed by atoms with E-state index in [0.717, 1.165) is 6.42 Å². The summed E-state index contributed by atoms with van der Waals surface area (Å²) in [5.41, 5.74) is 2.41. The minimum Gasteiger partial charge on any atom is -0.373 e. The number of hydrogen-bond acceptors (Lipinski definition) is 4. The molecule has 2 fully saturated rings. The Hall–Kier alpha value is -2.15. The zero-order valence-corrected chi connectivity index (χ0v) is 15.9. The van der Waals surface area contributed by atoms with Crippen LogP contribution in [0.25, 0.3) is 6.08 Å². The molecule has 2 N–H and O–H groups in total. The molecular weight excluding hydrogens is 360 g/mol. The topological polar surface area (TPSA) is 59.6 Å². The first-order chi connectivity index (χ1) is 13.3. The Morgan fingerprint density at radius 1 is 1.15 bits per heavy atom. The maximum Gasteiger partial charge on any atom is 0.315 e. The lowest BCUT2D eigenvalue weighted by Gasteiger charge is -2.18. The fourth-order valence-corrected chi connectivity index (χ4v) is 4.24. The first-order valence-corrected chi connectivity index (χ1v) is 10.3. The number of carbonyl (C=O) groups excluding carboxylic acids is 1. The van der Waals surface area contributed by atoms with Gasteiger partial charge < -0.3 is 20.1 Å². The fraction of sp³-hybridized carbons (Fsp3) is 0.381. The van der Waals surface area contributed by atoms with Crippen LogP contribution in [-0.4, -0.2) is 44.0 Å². The highest BCUT2D eigenvalue weighted by molar-refractivity contribution is 7.08. The molecule has 1 aromatic carbocycles. The molecule has 5 nitrogen and oxygen atoms in total. The van der Waals surface area contributed by atoms with Crippen molar-refractivity contribution in [1.82, 2.24) is 10.6 Å². The molecule has 1 aromatic heterocycles. The smallest absolute Gasteiger partial charge is 0.315 e. The first kappa shape index (κ1) is 18.2. The molecular formula is C21H24N2O3S. The van der Waals surface area contributed by atoms with Crippen molar-refractivity contribution < 1.29 is 14.3 Å². The van der Waals surface area contributed by atoms with Crippen molar-refractivity contribution in [2.24, 2.45) is 5.92 Å². The number of fused-ring (bicyclic) bond motifs is 1. The molecule has 2 aliphatic rings. The summed E-state index contributed by atoms with van der Waals surface area (Å²) in [4.78, 5) is 12.2. The van der Waals surface area contributed by atoms with E-state index in [1.807, 2.05) is 18.2 Å². The summed E-state index contributed by atoms with van der Waals surface area (Å²) >= 11 is 1.69. The van der Waals surface area contributed by atoms with Gasteiger partial charge in [-0.15, -0.1) is 0 Å². The lowest BCUT2D eigenvalue weighted by molar-refractivity contribution is 0.0661. The van der Waals surface area contributed by atoms with Gasteiger partial charge in [-0.1, -0.05) is 42.5 Å². The van der Waals surface area contributed by atoms with Crippen LogP contribution in [-0.2, 0) is 15.9 Å². The highest BCUT2D eigenvalue weighted by atomic mass is 32.1. The zero-order chi connectivity index (χ0) is 18.5. The van der Waals surface area contributed by atoms with Crippen LogP contribution < -0.4 is 10.6 Å². The Morgan fingerprint density at radius 3 is 2.81 bits per heavy atom. The summed E-state index contributed by atoms with van der Waals surface area (Å²) in [5.74, 6) is 0.225. The van der Waals surface area contributed by atoms with E-state index in [1.165, 1.54) is 11.1 Å². The normalized spacial score (nSPS) is 27.0. The summed E-state index contributed by atoms with van der Waals surface area (Å²) in [5, 5.41) is 10.1. The fourth-order valence-electron chi connectivity index (χ4n) is 3.61. The van der Waals surface area contributed by atoms with Gasteiger partial charge in [0.15, 0.2) is 0 Å². The van der Waals surface area contributed by atoms with E-state index in [-0.39, 0.29) is 30.2 Å². The lowest BCUT2D eigenvalue weighted by Crippen LogP contribution is -2.48. The predicted octanol–water partition coefficient (Wildman–Crippen LogP) is 3.09. The lowest BCUT2D eigenvalue weighted by atomic mass is 9.99. The molecule has 0 unspecified atom stereocenters. The van der Waals surface area contributed by atoms with Gasteiger partial charge in [0.25, 0.3) is 0 Å². The average Bonchev–Trinajstić information content (AvgIpc) is 3.40. The van der Waals surface area contributed by atoms with Gasteiger partial charge in [-0.2, -0.15) is 11.3 Å². The minimum atomic E-state index is -0.166. The summed E-state index contributed by atoms with van der Waals surface area (Å²) in [7, 11) is 0. The molecule has 0 bridgehead atoms. The highest BCUT2D eigenvalue weighted by Gasteiger charge is 2.47. The second-order valence-corrected chi connectivity index (χ2v) is 7.70. The molecule has 4 atom stereocenters. The number of carbonyl (C=O) groups is 1. The van der Waals surface area contributed by atoms with E-state index in [9.17, 15) is 4.79 Å². The largest absolute Gasteiger partial charge is 0.373 e. The third kappa shape index (κ3) is 4.58.